The average molecular weight is 248 g/mol. The van der Waals surface area contributed by atoms with Crippen molar-refractivity contribution >= 4 is 17.3 Å². The molecule has 1 heterocycles. The first kappa shape index (κ1) is 12.7. The van der Waals surface area contributed by atoms with Crippen molar-refractivity contribution in [1.82, 2.24) is 4.90 Å². The van der Waals surface area contributed by atoms with Crippen LogP contribution in [0.3, 0.4) is 0 Å². The lowest BCUT2D eigenvalue weighted by Crippen LogP contribution is -2.39. The van der Waals surface area contributed by atoms with Gasteiger partial charge in [0.1, 0.15) is 0 Å². The first-order valence-corrected chi connectivity index (χ1v) is 6.21. The molecule has 1 fully saturated rings. The SMILES string of the molecule is CN1CCCC(Nc2cccc(C(N)=O)c2N)C1. The summed E-state index contributed by atoms with van der Waals surface area (Å²) in [4.78, 5) is 13.5. The highest BCUT2D eigenvalue weighted by Gasteiger charge is 2.18. The van der Waals surface area contributed by atoms with Crippen molar-refractivity contribution in [1.29, 1.82) is 0 Å². The zero-order valence-electron chi connectivity index (χ0n) is 10.6. The molecule has 5 N–H and O–H groups in total. The summed E-state index contributed by atoms with van der Waals surface area (Å²) in [6.07, 6.45) is 2.29. The maximum Gasteiger partial charge on any atom is 0.250 e. The number of carbonyl (C=O) groups excluding carboxylic acids is 1. The predicted octanol–water partition coefficient (Wildman–Crippen LogP) is 0.874. The minimum atomic E-state index is -0.489. The number of nitrogens with zero attached hydrogens (tertiary/aromatic N) is 1. The summed E-state index contributed by atoms with van der Waals surface area (Å²) in [5.74, 6) is -0.489. The first-order chi connectivity index (χ1) is 8.58. The van der Waals surface area contributed by atoms with Crippen molar-refractivity contribution < 1.29 is 4.79 Å². The van der Waals surface area contributed by atoms with Crippen LogP contribution < -0.4 is 16.8 Å². The van der Waals surface area contributed by atoms with Crippen LogP contribution in [0.1, 0.15) is 23.2 Å². The quantitative estimate of drug-likeness (QED) is 0.693. The number of nitrogen functional groups attached to an aromatic ring is 1. The molecule has 1 aliphatic rings. The van der Waals surface area contributed by atoms with E-state index < -0.39 is 5.91 Å². The van der Waals surface area contributed by atoms with E-state index in [2.05, 4.69) is 17.3 Å². The van der Waals surface area contributed by atoms with Crippen molar-refractivity contribution in [3.63, 3.8) is 0 Å². The van der Waals surface area contributed by atoms with E-state index in [4.69, 9.17) is 11.5 Å². The number of hydrogen-bond donors (Lipinski definition) is 3. The van der Waals surface area contributed by atoms with Gasteiger partial charge in [-0.1, -0.05) is 6.07 Å². The second-order valence-corrected chi connectivity index (χ2v) is 4.88. The van der Waals surface area contributed by atoms with Gasteiger partial charge in [-0.2, -0.15) is 0 Å². The van der Waals surface area contributed by atoms with E-state index in [1.54, 1.807) is 12.1 Å². The number of nitrogens with one attached hydrogen (secondary N) is 1. The Morgan fingerprint density at radius 3 is 2.94 bits per heavy atom. The highest BCUT2D eigenvalue weighted by atomic mass is 16.1. The third kappa shape index (κ3) is 2.73. The van der Waals surface area contributed by atoms with Gasteiger partial charge in [0.2, 0.25) is 0 Å². The average Bonchev–Trinajstić information content (AvgIpc) is 2.31. The Balaban J connectivity index is 2.14. The normalized spacial score (nSPS) is 20.6. The highest BCUT2D eigenvalue weighted by Crippen LogP contribution is 2.24. The van der Waals surface area contributed by atoms with Crippen molar-refractivity contribution in [2.24, 2.45) is 5.73 Å². The van der Waals surface area contributed by atoms with E-state index in [0.717, 1.165) is 25.2 Å². The van der Waals surface area contributed by atoms with Crippen LogP contribution in [0.25, 0.3) is 0 Å². The molecule has 1 aromatic carbocycles. The van der Waals surface area contributed by atoms with E-state index in [1.807, 2.05) is 6.07 Å². The van der Waals surface area contributed by atoms with Gasteiger partial charge < -0.3 is 21.7 Å². The van der Waals surface area contributed by atoms with Crippen LogP contribution in [-0.4, -0.2) is 37.0 Å². The molecule has 0 saturated carbocycles. The number of amides is 1. The minimum Gasteiger partial charge on any atom is -0.396 e. The minimum absolute atomic E-state index is 0.370. The fourth-order valence-electron chi connectivity index (χ4n) is 2.41. The summed E-state index contributed by atoms with van der Waals surface area (Å²) in [5.41, 5.74) is 12.9. The van der Waals surface area contributed by atoms with E-state index in [0.29, 0.717) is 17.3 Å². The Bertz CT molecular complexity index is 447. The van der Waals surface area contributed by atoms with Gasteiger partial charge in [0.05, 0.1) is 16.9 Å². The van der Waals surface area contributed by atoms with E-state index >= 15 is 0 Å². The molecule has 98 valence electrons. The van der Waals surface area contributed by atoms with Crippen molar-refractivity contribution in [3.05, 3.63) is 23.8 Å². The molecule has 5 heteroatoms. The van der Waals surface area contributed by atoms with Crippen LogP contribution in [0.5, 0.6) is 0 Å². The molecule has 5 nitrogen and oxygen atoms in total. The number of anilines is 2. The van der Waals surface area contributed by atoms with Gasteiger partial charge in [0.25, 0.3) is 5.91 Å². The molecular formula is C13H20N4O. The predicted molar refractivity (Wildman–Crippen MR) is 73.5 cm³/mol. The van der Waals surface area contributed by atoms with E-state index in [1.165, 1.54) is 6.42 Å². The Morgan fingerprint density at radius 2 is 2.28 bits per heavy atom. The number of para-hydroxylation sites is 1. The number of hydrogen-bond acceptors (Lipinski definition) is 4. The number of primary amides is 1. The monoisotopic (exact) mass is 248 g/mol. The Labute approximate surface area is 107 Å². The third-order valence-electron chi connectivity index (χ3n) is 3.36. The molecule has 1 atom stereocenters. The largest absolute Gasteiger partial charge is 0.396 e. The fraction of sp³-hybridized carbons (Fsp3) is 0.462. The molecule has 0 radical (unpaired) electrons. The van der Waals surface area contributed by atoms with Crippen molar-refractivity contribution in [3.8, 4) is 0 Å². The highest BCUT2D eigenvalue weighted by molar-refractivity contribution is 6.00. The third-order valence-corrected chi connectivity index (χ3v) is 3.36. The Hall–Kier alpha value is -1.75. The second kappa shape index (κ2) is 5.27. The number of nitrogens with two attached hydrogens (primary N) is 2. The molecule has 0 bridgehead atoms. The van der Waals surface area contributed by atoms with E-state index in [-0.39, 0.29) is 0 Å². The molecular weight excluding hydrogens is 228 g/mol. The summed E-state index contributed by atoms with van der Waals surface area (Å²) in [6, 6.07) is 5.70. The zero-order valence-corrected chi connectivity index (χ0v) is 10.6. The standard InChI is InChI=1S/C13H20N4O/c1-17-7-3-4-9(8-17)16-11-6-2-5-10(12(11)14)13(15)18/h2,5-6,9,16H,3-4,7-8,14H2,1H3,(H2,15,18). The first-order valence-electron chi connectivity index (χ1n) is 6.21. The molecule has 18 heavy (non-hydrogen) atoms. The number of rotatable bonds is 3. The van der Waals surface area contributed by atoms with Gasteiger partial charge in [-0.15, -0.1) is 0 Å². The van der Waals surface area contributed by atoms with Crippen molar-refractivity contribution in [2.45, 2.75) is 18.9 Å². The molecule has 2 rings (SSSR count). The molecule has 0 aliphatic carbocycles. The summed E-state index contributed by atoms with van der Waals surface area (Å²) >= 11 is 0. The Morgan fingerprint density at radius 1 is 1.50 bits per heavy atom. The number of likely N-dealkylation sites (N-methyl/N-ethyl adjacent to an activating group) is 1. The lowest BCUT2D eigenvalue weighted by Gasteiger charge is -2.31. The van der Waals surface area contributed by atoms with Crippen LogP contribution in [-0.2, 0) is 0 Å². The zero-order chi connectivity index (χ0) is 13.1. The molecule has 1 saturated heterocycles. The number of benzene rings is 1. The topological polar surface area (TPSA) is 84.4 Å². The molecule has 1 amide bonds. The van der Waals surface area contributed by atoms with E-state index in [9.17, 15) is 4.79 Å². The van der Waals surface area contributed by atoms with Gasteiger partial charge in [-0.25, -0.2) is 0 Å². The second-order valence-electron chi connectivity index (χ2n) is 4.88. The van der Waals surface area contributed by atoms with Crippen LogP contribution in [0.4, 0.5) is 11.4 Å². The number of carbonyl (C=O) groups is 1. The Kier molecular flexibility index (Phi) is 3.72. The van der Waals surface area contributed by atoms with Gasteiger partial charge in [-0.05, 0) is 38.6 Å². The number of piperidine rings is 1. The molecule has 1 unspecified atom stereocenters. The maximum atomic E-state index is 11.2. The maximum absolute atomic E-state index is 11.2. The van der Waals surface area contributed by atoms with Gasteiger partial charge in [0, 0.05) is 12.6 Å². The van der Waals surface area contributed by atoms with Gasteiger partial charge >= 0.3 is 0 Å². The summed E-state index contributed by atoms with van der Waals surface area (Å²) < 4.78 is 0. The van der Waals surface area contributed by atoms with Gasteiger partial charge in [0.15, 0.2) is 0 Å². The lowest BCUT2D eigenvalue weighted by molar-refractivity contribution is 0.100. The van der Waals surface area contributed by atoms with Crippen LogP contribution >= 0.6 is 0 Å². The number of likely N-dealkylation sites (tertiary alicyclic amines) is 1. The molecule has 1 aliphatic heterocycles. The summed E-state index contributed by atoms with van der Waals surface area (Å²) in [5, 5.41) is 3.40. The van der Waals surface area contributed by atoms with Crippen LogP contribution in [0, 0.1) is 0 Å². The molecule has 0 spiro atoms. The van der Waals surface area contributed by atoms with Crippen LogP contribution in [0.2, 0.25) is 0 Å². The van der Waals surface area contributed by atoms with Gasteiger partial charge in [-0.3, -0.25) is 4.79 Å². The fourth-order valence-corrected chi connectivity index (χ4v) is 2.41. The summed E-state index contributed by atoms with van der Waals surface area (Å²) in [7, 11) is 2.11. The van der Waals surface area contributed by atoms with Crippen molar-refractivity contribution in [2.75, 3.05) is 31.2 Å². The van der Waals surface area contributed by atoms with Crippen LogP contribution in [0.15, 0.2) is 18.2 Å². The lowest BCUT2D eigenvalue weighted by atomic mass is 10.0. The molecule has 1 aromatic rings. The summed E-state index contributed by atoms with van der Waals surface area (Å²) in [6.45, 7) is 2.12. The smallest absolute Gasteiger partial charge is 0.250 e. The molecule has 0 aromatic heterocycles.